The van der Waals surface area contributed by atoms with E-state index in [2.05, 4.69) is 20.0 Å². The molecule has 0 saturated carbocycles. The van der Waals surface area contributed by atoms with Crippen LogP contribution in [0, 0.1) is 0 Å². The van der Waals surface area contributed by atoms with Crippen LogP contribution in [-0.4, -0.2) is 34.2 Å². The standard InChI is InChI=1S/C15H12N4O3/c1-21-15(20)12-4-2-11(3-5-12)14-7-6-13(22-14)8-18-19-9-16-17-10-19/h2-10H,1H3/b18-8+. The SMILES string of the molecule is COC(=O)c1ccc(-c2ccc(/C=N/n3cnnc3)o2)cc1. The Kier molecular flexibility index (Phi) is 3.78. The van der Waals surface area contributed by atoms with Crippen molar-refractivity contribution in [3.63, 3.8) is 0 Å². The highest BCUT2D eigenvalue weighted by atomic mass is 16.5. The van der Waals surface area contributed by atoms with Gasteiger partial charge in [0.2, 0.25) is 0 Å². The fourth-order valence-corrected chi connectivity index (χ4v) is 1.84. The van der Waals surface area contributed by atoms with Gasteiger partial charge in [0.05, 0.1) is 18.9 Å². The summed E-state index contributed by atoms with van der Waals surface area (Å²) < 4.78 is 11.8. The first kappa shape index (κ1) is 13.7. The van der Waals surface area contributed by atoms with Gasteiger partial charge in [-0.05, 0) is 24.3 Å². The van der Waals surface area contributed by atoms with Crippen LogP contribution >= 0.6 is 0 Å². The predicted octanol–water partition coefficient (Wildman–Crippen LogP) is 2.21. The first-order valence-electron chi connectivity index (χ1n) is 6.44. The molecule has 1 aromatic carbocycles. The Morgan fingerprint density at radius 2 is 1.91 bits per heavy atom. The number of hydrogen-bond donors (Lipinski definition) is 0. The number of aromatic nitrogens is 3. The molecule has 7 nitrogen and oxygen atoms in total. The molecule has 0 saturated heterocycles. The van der Waals surface area contributed by atoms with Gasteiger partial charge in [0.15, 0.2) is 0 Å². The van der Waals surface area contributed by atoms with Gasteiger partial charge in [0.25, 0.3) is 0 Å². The second-order valence-electron chi connectivity index (χ2n) is 4.36. The molecule has 3 rings (SSSR count). The summed E-state index contributed by atoms with van der Waals surface area (Å²) in [6, 6.07) is 10.6. The van der Waals surface area contributed by atoms with Crippen molar-refractivity contribution >= 4 is 12.2 Å². The summed E-state index contributed by atoms with van der Waals surface area (Å²) in [5, 5.41) is 11.4. The van der Waals surface area contributed by atoms with Crippen LogP contribution in [0.2, 0.25) is 0 Å². The monoisotopic (exact) mass is 296 g/mol. The average molecular weight is 296 g/mol. The number of esters is 1. The van der Waals surface area contributed by atoms with Crippen LogP contribution in [0.4, 0.5) is 0 Å². The Balaban J connectivity index is 1.77. The molecule has 0 amide bonds. The fraction of sp³-hybridized carbons (Fsp3) is 0.0667. The molecule has 0 aliphatic carbocycles. The van der Waals surface area contributed by atoms with Crippen molar-refractivity contribution in [1.29, 1.82) is 0 Å². The van der Waals surface area contributed by atoms with Crippen LogP contribution in [-0.2, 0) is 4.74 Å². The van der Waals surface area contributed by atoms with E-state index in [9.17, 15) is 4.79 Å². The van der Waals surface area contributed by atoms with Crippen molar-refractivity contribution in [2.24, 2.45) is 5.10 Å². The Morgan fingerprint density at radius 1 is 1.18 bits per heavy atom. The van der Waals surface area contributed by atoms with Crippen LogP contribution in [0.3, 0.4) is 0 Å². The molecular weight excluding hydrogens is 284 g/mol. The van der Waals surface area contributed by atoms with Crippen LogP contribution in [0.5, 0.6) is 0 Å². The Bertz CT molecular complexity index is 789. The summed E-state index contributed by atoms with van der Waals surface area (Å²) in [5.74, 6) is 0.912. The lowest BCUT2D eigenvalue weighted by molar-refractivity contribution is 0.0601. The van der Waals surface area contributed by atoms with Crippen molar-refractivity contribution in [3.05, 3.63) is 60.4 Å². The molecule has 110 valence electrons. The highest BCUT2D eigenvalue weighted by molar-refractivity contribution is 5.89. The van der Waals surface area contributed by atoms with Crippen LogP contribution < -0.4 is 0 Å². The number of hydrogen-bond acceptors (Lipinski definition) is 6. The number of furan rings is 1. The summed E-state index contributed by atoms with van der Waals surface area (Å²) in [6.45, 7) is 0. The summed E-state index contributed by atoms with van der Waals surface area (Å²) in [6.07, 6.45) is 4.52. The minimum atomic E-state index is -0.368. The molecule has 0 spiro atoms. The molecule has 0 radical (unpaired) electrons. The third kappa shape index (κ3) is 2.93. The summed E-state index contributed by atoms with van der Waals surface area (Å²) in [4.78, 5) is 11.4. The van der Waals surface area contributed by atoms with Gasteiger partial charge in [-0.3, -0.25) is 0 Å². The maximum Gasteiger partial charge on any atom is 0.337 e. The van der Waals surface area contributed by atoms with E-state index in [1.807, 2.05) is 6.07 Å². The number of rotatable bonds is 4. The molecule has 0 bridgehead atoms. The third-order valence-corrected chi connectivity index (χ3v) is 2.94. The van der Waals surface area contributed by atoms with E-state index in [-0.39, 0.29) is 5.97 Å². The lowest BCUT2D eigenvalue weighted by Gasteiger charge is -2.00. The molecule has 0 aliphatic rings. The van der Waals surface area contributed by atoms with Crippen LogP contribution in [0.1, 0.15) is 16.1 Å². The molecule has 0 aliphatic heterocycles. The van der Waals surface area contributed by atoms with Crippen molar-refractivity contribution in [2.75, 3.05) is 7.11 Å². The molecule has 3 aromatic rings. The van der Waals surface area contributed by atoms with Gasteiger partial charge >= 0.3 is 5.97 Å². The number of nitrogens with zero attached hydrogens (tertiary/aromatic N) is 4. The van der Waals surface area contributed by atoms with E-state index in [1.165, 1.54) is 24.4 Å². The van der Waals surface area contributed by atoms with Crippen molar-refractivity contribution in [3.8, 4) is 11.3 Å². The molecule has 0 atom stereocenters. The van der Waals surface area contributed by atoms with Gasteiger partial charge in [-0.1, -0.05) is 12.1 Å². The molecule has 2 aromatic heterocycles. The molecule has 0 fully saturated rings. The van der Waals surface area contributed by atoms with E-state index < -0.39 is 0 Å². The summed E-state index contributed by atoms with van der Waals surface area (Å²) >= 11 is 0. The zero-order chi connectivity index (χ0) is 15.4. The van der Waals surface area contributed by atoms with E-state index in [0.29, 0.717) is 17.1 Å². The van der Waals surface area contributed by atoms with Crippen molar-refractivity contribution in [2.45, 2.75) is 0 Å². The minimum Gasteiger partial charge on any atom is -0.465 e. The molecule has 7 heteroatoms. The fourth-order valence-electron chi connectivity index (χ4n) is 1.84. The van der Waals surface area contributed by atoms with Gasteiger partial charge < -0.3 is 9.15 Å². The lowest BCUT2D eigenvalue weighted by atomic mass is 10.1. The van der Waals surface area contributed by atoms with Gasteiger partial charge in [-0.15, -0.1) is 10.2 Å². The largest absolute Gasteiger partial charge is 0.465 e. The zero-order valence-corrected chi connectivity index (χ0v) is 11.7. The average Bonchev–Trinajstić information content (AvgIpc) is 3.24. The first-order chi connectivity index (χ1) is 10.8. The van der Waals surface area contributed by atoms with E-state index in [0.717, 1.165) is 5.56 Å². The van der Waals surface area contributed by atoms with Crippen molar-refractivity contribution in [1.82, 2.24) is 14.9 Å². The number of ether oxygens (including phenoxy) is 1. The summed E-state index contributed by atoms with van der Waals surface area (Å²) in [7, 11) is 1.35. The van der Waals surface area contributed by atoms with Gasteiger partial charge in [0.1, 0.15) is 24.2 Å². The van der Waals surface area contributed by atoms with Crippen molar-refractivity contribution < 1.29 is 13.9 Å². The zero-order valence-electron chi connectivity index (χ0n) is 11.7. The van der Waals surface area contributed by atoms with E-state index >= 15 is 0 Å². The predicted molar refractivity (Wildman–Crippen MR) is 78.5 cm³/mol. The number of carbonyl (C=O) groups excluding carboxylic acids is 1. The number of carbonyl (C=O) groups is 1. The Labute approximate surface area is 125 Å². The highest BCUT2D eigenvalue weighted by Gasteiger charge is 2.07. The molecular formula is C15H12N4O3. The second-order valence-corrected chi connectivity index (χ2v) is 4.36. The molecule has 22 heavy (non-hydrogen) atoms. The Morgan fingerprint density at radius 3 is 2.59 bits per heavy atom. The van der Waals surface area contributed by atoms with Gasteiger partial charge in [0, 0.05) is 5.56 Å². The third-order valence-electron chi connectivity index (χ3n) is 2.94. The van der Waals surface area contributed by atoms with E-state index in [1.54, 1.807) is 36.5 Å². The Hall–Kier alpha value is -3.22. The highest BCUT2D eigenvalue weighted by Crippen LogP contribution is 2.22. The molecule has 0 unspecified atom stereocenters. The van der Waals surface area contributed by atoms with Gasteiger partial charge in [-0.2, -0.15) is 5.10 Å². The van der Waals surface area contributed by atoms with Gasteiger partial charge in [-0.25, -0.2) is 9.47 Å². The number of benzene rings is 1. The van der Waals surface area contributed by atoms with Crippen LogP contribution in [0.25, 0.3) is 11.3 Å². The lowest BCUT2D eigenvalue weighted by Crippen LogP contribution is -2.00. The molecule has 0 N–H and O–H groups in total. The van der Waals surface area contributed by atoms with Crippen LogP contribution in [0.15, 0.2) is 58.6 Å². The smallest absolute Gasteiger partial charge is 0.337 e. The quantitative estimate of drug-likeness (QED) is 0.544. The normalized spacial score (nSPS) is 11.0. The van der Waals surface area contributed by atoms with E-state index in [4.69, 9.17) is 4.42 Å². The minimum absolute atomic E-state index is 0.368. The topological polar surface area (TPSA) is 82.5 Å². The maximum atomic E-state index is 11.4. The maximum absolute atomic E-state index is 11.4. The first-order valence-corrected chi connectivity index (χ1v) is 6.44. The number of methoxy groups -OCH3 is 1. The summed E-state index contributed by atoms with van der Waals surface area (Å²) in [5.41, 5.74) is 1.35. The molecule has 2 heterocycles. The second kappa shape index (κ2) is 6.04.